The molecule has 27 heavy (non-hydrogen) atoms. The summed E-state index contributed by atoms with van der Waals surface area (Å²) in [6.07, 6.45) is 10.8. The molecule has 5 heteroatoms. The Morgan fingerprint density at radius 3 is 2.81 bits per heavy atom. The maximum Gasteiger partial charge on any atom is 0.223 e. The summed E-state index contributed by atoms with van der Waals surface area (Å²) >= 11 is 0. The monoisotopic (exact) mass is 368 g/mol. The van der Waals surface area contributed by atoms with E-state index in [1.54, 1.807) is 19.2 Å². The van der Waals surface area contributed by atoms with Crippen molar-refractivity contribution in [3.05, 3.63) is 52.9 Å². The lowest BCUT2D eigenvalue weighted by Gasteiger charge is -2.44. The topological polar surface area (TPSA) is 32.8 Å². The molecule has 0 aromatic heterocycles. The van der Waals surface area contributed by atoms with Crippen LogP contribution in [-0.4, -0.2) is 43.2 Å². The molecule has 0 N–H and O–H groups in total. The minimum absolute atomic E-state index is 0.0407. The molecule has 3 atom stereocenters. The van der Waals surface area contributed by atoms with Gasteiger partial charge >= 0.3 is 0 Å². The van der Waals surface area contributed by atoms with E-state index in [-0.39, 0.29) is 29.9 Å². The first kappa shape index (κ1) is 17.0. The van der Waals surface area contributed by atoms with Crippen LogP contribution in [0.1, 0.15) is 42.9 Å². The number of benzene rings is 1. The second-order valence-corrected chi connectivity index (χ2v) is 7.98. The Balaban J connectivity index is 1.60. The number of rotatable bonds is 3. The van der Waals surface area contributed by atoms with Crippen LogP contribution in [0.3, 0.4) is 0 Å². The van der Waals surface area contributed by atoms with Gasteiger partial charge in [-0.15, -0.1) is 0 Å². The van der Waals surface area contributed by atoms with E-state index < -0.39 is 0 Å². The quantitative estimate of drug-likeness (QED) is 0.818. The highest BCUT2D eigenvalue weighted by molar-refractivity contribution is 5.80. The summed E-state index contributed by atoms with van der Waals surface area (Å²) in [6, 6.07) is 3.50. The predicted molar refractivity (Wildman–Crippen MR) is 102 cm³/mol. The summed E-state index contributed by atoms with van der Waals surface area (Å²) in [5.74, 6) is 0.0167. The van der Waals surface area contributed by atoms with E-state index in [0.717, 1.165) is 55.6 Å². The number of nitrogens with zero attached hydrogens (tertiary/aromatic N) is 2. The van der Waals surface area contributed by atoms with E-state index in [4.69, 9.17) is 4.74 Å². The average Bonchev–Trinajstić information content (AvgIpc) is 3.29. The van der Waals surface area contributed by atoms with Gasteiger partial charge in [0.2, 0.25) is 5.91 Å². The largest absolute Gasteiger partial charge is 0.377 e. The van der Waals surface area contributed by atoms with Gasteiger partial charge in [-0.25, -0.2) is 4.39 Å². The van der Waals surface area contributed by atoms with Crippen LogP contribution < -0.4 is 4.90 Å². The summed E-state index contributed by atoms with van der Waals surface area (Å²) in [4.78, 5) is 16.9. The second-order valence-electron chi connectivity index (χ2n) is 7.98. The lowest BCUT2D eigenvalue weighted by atomic mass is 9.84. The molecule has 0 radical (unpaired) electrons. The third kappa shape index (κ3) is 2.71. The zero-order valence-corrected chi connectivity index (χ0v) is 15.7. The van der Waals surface area contributed by atoms with E-state index >= 15 is 0 Å². The average molecular weight is 368 g/mol. The molecule has 1 fully saturated rings. The van der Waals surface area contributed by atoms with Crippen LogP contribution in [-0.2, 0) is 16.0 Å². The zero-order valence-electron chi connectivity index (χ0n) is 15.7. The number of halogens is 1. The van der Waals surface area contributed by atoms with Gasteiger partial charge in [0.15, 0.2) is 0 Å². The van der Waals surface area contributed by atoms with Crippen molar-refractivity contribution in [2.75, 3.05) is 25.1 Å². The minimum atomic E-state index is -0.183. The third-order valence-corrected chi connectivity index (χ3v) is 6.50. The summed E-state index contributed by atoms with van der Waals surface area (Å²) in [6.45, 7) is 1.68. The first-order valence-corrected chi connectivity index (χ1v) is 9.95. The van der Waals surface area contributed by atoms with Crippen LogP contribution in [0.5, 0.6) is 0 Å². The van der Waals surface area contributed by atoms with Gasteiger partial charge in [-0.2, -0.15) is 0 Å². The maximum absolute atomic E-state index is 14.3. The minimum Gasteiger partial charge on any atom is -0.377 e. The van der Waals surface area contributed by atoms with Crippen molar-refractivity contribution < 1.29 is 13.9 Å². The number of ether oxygens (including phenoxy) is 1. The Kier molecular flexibility index (Phi) is 4.08. The number of hydrogen-bond acceptors (Lipinski definition) is 3. The van der Waals surface area contributed by atoms with Crippen molar-refractivity contribution in [3.8, 4) is 0 Å². The molecule has 3 heterocycles. The molecule has 1 aromatic rings. The zero-order chi connectivity index (χ0) is 18.5. The Hall–Kier alpha value is -2.14. The van der Waals surface area contributed by atoms with Crippen molar-refractivity contribution in [2.24, 2.45) is 0 Å². The number of carbonyl (C=O) groups is 1. The van der Waals surface area contributed by atoms with Crippen LogP contribution in [0, 0.1) is 5.82 Å². The van der Waals surface area contributed by atoms with E-state index in [1.807, 2.05) is 4.90 Å². The first-order chi connectivity index (χ1) is 13.2. The Labute approximate surface area is 159 Å². The van der Waals surface area contributed by atoms with E-state index in [9.17, 15) is 9.18 Å². The van der Waals surface area contributed by atoms with E-state index in [2.05, 4.69) is 23.1 Å². The Bertz CT molecular complexity index is 847. The van der Waals surface area contributed by atoms with Gasteiger partial charge in [0, 0.05) is 37.9 Å². The fourth-order valence-electron chi connectivity index (χ4n) is 5.28. The number of amides is 1. The molecule has 1 amide bonds. The third-order valence-electron chi connectivity index (χ3n) is 6.50. The van der Waals surface area contributed by atoms with Gasteiger partial charge in [0.25, 0.3) is 0 Å². The molecule has 3 aliphatic heterocycles. The van der Waals surface area contributed by atoms with E-state index in [0.29, 0.717) is 6.42 Å². The predicted octanol–water partition coefficient (Wildman–Crippen LogP) is 3.53. The van der Waals surface area contributed by atoms with Crippen molar-refractivity contribution in [1.82, 2.24) is 4.90 Å². The molecule has 0 saturated carbocycles. The molecule has 0 bridgehead atoms. The summed E-state index contributed by atoms with van der Waals surface area (Å²) in [7, 11) is 1.75. The lowest BCUT2D eigenvalue weighted by Crippen LogP contribution is -2.45. The normalized spacial score (nSPS) is 29.3. The molecule has 4 aliphatic rings. The van der Waals surface area contributed by atoms with Crippen molar-refractivity contribution in [1.29, 1.82) is 0 Å². The van der Waals surface area contributed by atoms with Gasteiger partial charge in [-0.3, -0.25) is 4.79 Å². The van der Waals surface area contributed by atoms with Crippen molar-refractivity contribution >= 4 is 11.6 Å². The Morgan fingerprint density at radius 1 is 1.15 bits per heavy atom. The summed E-state index contributed by atoms with van der Waals surface area (Å²) in [5, 5.41) is 0. The molecule has 4 nitrogen and oxygen atoms in total. The fraction of sp³-hybridized carbons (Fsp3) is 0.500. The van der Waals surface area contributed by atoms with Gasteiger partial charge in [-0.1, -0.05) is 18.2 Å². The van der Waals surface area contributed by atoms with Gasteiger partial charge in [0.05, 0.1) is 18.2 Å². The molecule has 0 spiro atoms. The molecule has 142 valence electrons. The number of methoxy groups -OCH3 is 1. The van der Waals surface area contributed by atoms with Crippen molar-refractivity contribution in [3.63, 3.8) is 0 Å². The van der Waals surface area contributed by atoms with Crippen LogP contribution in [0.2, 0.25) is 0 Å². The smallest absolute Gasteiger partial charge is 0.223 e. The number of hydrogen-bond donors (Lipinski definition) is 0. The first-order valence-electron chi connectivity index (χ1n) is 9.95. The molecule has 1 aromatic carbocycles. The molecule has 3 unspecified atom stereocenters. The number of likely N-dealkylation sites (tertiary alicyclic amines) is 1. The summed E-state index contributed by atoms with van der Waals surface area (Å²) < 4.78 is 19.9. The van der Waals surface area contributed by atoms with Crippen LogP contribution >= 0.6 is 0 Å². The second kappa shape index (κ2) is 6.48. The highest BCUT2D eigenvalue weighted by Gasteiger charge is 2.42. The molecular weight excluding hydrogens is 343 g/mol. The van der Waals surface area contributed by atoms with Gasteiger partial charge < -0.3 is 14.5 Å². The van der Waals surface area contributed by atoms with Crippen molar-refractivity contribution in [2.45, 2.75) is 50.3 Å². The number of anilines is 1. The molecule has 5 rings (SSSR count). The Morgan fingerprint density at radius 2 is 2.04 bits per heavy atom. The number of carbonyl (C=O) groups excluding carboxylic acids is 1. The molecule has 1 aliphatic carbocycles. The molecular formula is C22H25FN2O2. The summed E-state index contributed by atoms with van der Waals surface area (Å²) in [5.41, 5.74) is 4.49. The molecule has 1 saturated heterocycles. The van der Waals surface area contributed by atoms with E-state index in [1.165, 1.54) is 5.57 Å². The standard InChI is InChI=1S/C22H25FN2O2/c1-27-17-5-2-4-14(11-17)19-13-20(24-8-3-6-21(24)26)18-12-16(23)10-15-7-9-25(19)22(15)18/h2,4,10-12,17,19-20H,3,5-9,13H2,1H3. The maximum atomic E-state index is 14.3. The van der Waals surface area contributed by atoms with Crippen LogP contribution in [0.25, 0.3) is 0 Å². The van der Waals surface area contributed by atoms with Gasteiger partial charge in [0.1, 0.15) is 5.82 Å². The fourth-order valence-corrected chi connectivity index (χ4v) is 5.28. The van der Waals surface area contributed by atoms with Crippen LogP contribution in [0.4, 0.5) is 10.1 Å². The lowest BCUT2D eigenvalue weighted by molar-refractivity contribution is -0.130. The SMILES string of the molecule is COC1C=C(C2CC(N3CCCC3=O)c3cc(F)cc4c3N2CC4)C=CC1. The van der Waals surface area contributed by atoms with Gasteiger partial charge in [-0.05, 0) is 49.0 Å². The highest BCUT2D eigenvalue weighted by Crippen LogP contribution is 2.48. The van der Waals surface area contributed by atoms with Crippen LogP contribution in [0.15, 0.2) is 35.9 Å². The highest BCUT2D eigenvalue weighted by atomic mass is 19.1.